The zero-order chi connectivity index (χ0) is 14.5. The van der Waals surface area contributed by atoms with Crippen LogP contribution in [-0.2, 0) is 24.8 Å². The minimum absolute atomic E-state index is 0.0577. The van der Waals surface area contributed by atoms with Crippen LogP contribution in [0.4, 0.5) is 0 Å². The lowest BCUT2D eigenvalue weighted by molar-refractivity contribution is -0.131. The van der Waals surface area contributed by atoms with Gasteiger partial charge in [0, 0.05) is 32.4 Å². The topological polar surface area (TPSA) is 64.2 Å². The lowest BCUT2D eigenvalue weighted by atomic mass is 10.1. The summed E-state index contributed by atoms with van der Waals surface area (Å²) in [6.07, 6.45) is 4.20. The van der Waals surface area contributed by atoms with Crippen LogP contribution >= 0.6 is 0 Å². The predicted octanol–water partition coefficient (Wildman–Crippen LogP) is 0.949. The van der Waals surface area contributed by atoms with Crippen molar-refractivity contribution in [2.24, 2.45) is 12.8 Å². The van der Waals surface area contributed by atoms with E-state index in [1.807, 2.05) is 43.6 Å². The van der Waals surface area contributed by atoms with E-state index in [0.29, 0.717) is 13.0 Å². The van der Waals surface area contributed by atoms with Crippen LogP contribution in [0.25, 0.3) is 0 Å². The molecule has 2 aromatic rings. The molecule has 0 aliphatic carbocycles. The molecule has 0 spiro atoms. The van der Waals surface area contributed by atoms with Gasteiger partial charge in [0.2, 0.25) is 5.91 Å². The van der Waals surface area contributed by atoms with Gasteiger partial charge >= 0.3 is 0 Å². The fraction of sp³-hybridized carbons (Fsp3) is 0.333. The smallest absolute Gasteiger partial charge is 0.239 e. The Morgan fingerprint density at radius 1 is 1.35 bits per heavy atom. The summed E-state index contributed by atoms with van der Waals surface area (Å²) < 4.78 is 1.72. The van der Waals surface area contributed by atoms with E-state index in [-0.39, 0.29) is 5.91 Å². The fourth-order valence-electron chi connectivity index (χ4n) is 2.14. The molecule has 0 aliphatic heterocycles. The first kappa shape index (κ1) is 14.3. The Labute approximate surface area is 119 Å². The third-order valence-corrected chi connectivity index (χ3v) is 3.17. The minimum Gasteiger partial charge on any atom is -0.340 e. The van der Waals surface area contributed by atoms with Gasteiger partial charge < -0.3 is 10.6 Å². The summed E-state index contributed by atoms with van der Waals surface area (Å²) >= 11 is 0. The van der Waals surface area contributed by atoms with Crippen LogP contribution in [0.2, 0.25) is 0 Å². The summed E-state index contributed by atoms with van der Waals surface area (Å²) in [5.74, 6) is -0.0577. The number of nitrogens with two attached hydrogens (primary N) is 1. The first-order chi connectivity index (χ1) is 9.56. The van der Waals surface area contributed by atoms with Crippen LogP contribution in [0.15, 0.2) is 42.7 Å². The zero-order valence-corrected chi connectivity index (χ0v) is 11.9. The van der Waals surface area contributed by atoms with Gasteiger partial charge in [0.05, 0.1) is 12.2 Å². The molecular weight excluding hydrogens is 252 g/mol. The second-order valence-electron chi connectivity index (χ2n) is 5.01. The van der Waals surface area contributed by atoms with Gasteiger partial charge in [0.25, 0.3) is 0 Å². The van der Waals surface area contributed by atoms with Crippen molar-refractivity contribution in [2.75, 3.05) is 7.05 Å². The Balaban J connectivity index is 1.92. The Kier molecular flexibility index (Phi) is 4.53. The second-order valence-corrected chi connectivity index (χ2v) is 5.01. The largest absolute Gasteiger partial charge is 0.340 e. The van der Waals surface area contributed by atoms with Gasteiger partial charge in [0.1, 0.15) is 0 Å². The number of benzene rings is 1. The van der Waals surface area contributed by atoms with E-state index < -0.39 is 6.04 Å². The minimum atomic E-state index is -0.515. The lowest BCUT2D eigenvalue weighted by Crippen LogP contribution is -2.42. The molecule has 0 aliphatic rings. The van der Waals surface area contributed by atoms with Crippen molar-refractivity contribution < 1.29 is 4.79 Å². The van der Waals surface area contributed by atoms with E-state index in [1.54, 1.807) is 22.8 Å². The van der Waals surface area contributed by atoms with Crippen LogP contribution < -0.4 is 5.73 Å². The Morgan fingerprint density at radius 3 is 2.65 bits per heavy atom. The predicted molar refractivity (Wildman–Crippen MR) is 77.8 cm³/mol. The van der Waals surface area contributed by atoms with Gasteiger partial charge in [-0.3, -0.25) is 9.48 Å². The Morgan fingerprint density at radius 2 is 2.05 bits per heavy atom. The second kappa shape index (κ2) is 6.34. The number of nitrogens with zero attached hydrogens (tertiary/aromatic N) is 3. The number of carbonyl (C=O) groups is 1. The summed E-state index contributed by atoms with van der Waals surface area (Å²) in [5, 5.41) is 4.09. The molecule has 0 radical (unpaired) electrons. The van der Waals surface area contributed by atoms with Crippen LogP contribution in [0.3, 0.4) is 0 Å². The number of amides is 1. The summed E-state index contributed by atoms with van der Waals surface area (Å²) in [4.78, 5) is 13.9. The van der Waals surface area contributed by atoms with Crippen LogP contribution in [0.1, 0.15) is 11.1 Å². The van der Waals surface area contributed by atoms with E-state index in [4.69, 9.17) is 5.73 Å². The SMILES string of the molecule is CN(Cc1cnn(C)c1)C(=O)[C@H](N)Cc1ccccc1. The number of hydrogen-bond donors (Lipinski definition) is 1. The van der Waals surface area contributed by atoms with Gasteiger partial charge in [-0.05, 0) is 12.0 Å². The van der Waals surface area contributed by atoms with Gasteiger partial charge in [-0.1, -0.05) is 30.3 Å². The molecule has 5 nitrogen and oxygen atoms in total. The molecule has 0 unspecified atom stereocenters. The number of likely N-dealkylation sites (N-methyl/N-ethyl adjacent to an activating group) is 1. The standard InChI is InChI=1S/C15H20N4O/c1-18(10-13-9-17-19(2)11-13)15(20)14(16)8-12-6-4-3-5-7-12/h3-7,9,11,14H,8,10,16H2,1-2H3/t14-/m1/s1. The molecule has 20 heavy (non-hydrogen) atoms. The molecule has 1 aromatic heterocycles. The van der Waals surface area contributed by atoms with Crippen molar-refractivity contribution >= 4 is 5.91 Å². The molecular formula is C15H20N4O. The number of rotatable bonds is 5. The normalized spacial score (nSPS) is 12.2. The summed E-state index contributed by atoms with van der Waals surface area (Å²) in [6.45, 7) is 0.523. The summed E-state index contributed by atoms with van der Waals surface area (Å²) in [5.41, 5.74) is 8.06. The highest BCUT2D eigenvalue weighted by Crippen LogP contribution is 2.06. The molecule has 2 N–H and O–H groups in total. The van der Waals surface area contributed by atoms with Crippen LogP contribution in [0.5, 0.6) is 0 Å². The van der Waals surface area contributed by atoms with E-state index in [0.717, 1.165) is 11.1 Å². The first-order valence-corrected chi connectivity index (χ1v) is 6.58. The van der Waals surface area contributed by atoms with E-state index in [2.05, 4.69) is 5.10 Å². The van der Waals surface area contributed by atoms with Crippen molar-refractivity contribution in [2.45, 2.75) is 19.0 Å². The van der Waals surface area contributed by atoms with Crippen LogP contribution in [0, 0.1) is 0 Å². The van der Waals surface area contributed by atoms with Crippen molar-refractivity contribution in [3.8, 4) is 0 Å². The van der Waals surface area contributed by atoms with Crippen molar-refractivity contribution in [3.63, 3.8) is 0 Å². The molecule has 0 saturated heterocycles. The van der Waals surface area contributed by atoms with Gasteiger partial charge in [0.15, 0.2) is 0 Å². The maximum Gasteiger partial charge on any atom is 0.239 e. The van der Waals surface area contributed by atoms with Crippen molar-refractivity contribution in [1.82, 2.24) is 14.7 Å². The number of carbonyl (C=O) groups excluding carboxylic acids is 1. The number of aromatic nitrogens is 2. The molecule has 106 valence electrons. The molecule has 1 aromatic carbocycles. The fourth-order valence-corrected chi connectivity index (χ4v) is 2.14. The van der Waals surface area contributed by atoms with Gasteiger partial charge in [-0.25, -0.2) is 0 Å². The maximum absolute atomic E-state index is 12.2. The van der Waals surface area contributed by atoms with E-state index in [1.165, 1.54) is 0 Å². The third-order valence-electron chi connectivity index (χ3n) is 3.17. The van der Waals surface area contributed by atoms with E-state index in [9.17, 15) is 4.79 Å². The average Bonchev–Trinajstić information content (AvgIpc) is 2.84. The monoisotopic (exact) mass is 272 g/mol. The van der Waals surface area contributed by atoms with E-state index >= 15 is 0 Å². The lowest BCUT2D eigenvalue weighted by Gasteiger charge is -2.20. The number of aryl methyl sites for hydroxylation is 1. The van der Waals surface area contributed by atoms with Crippen molar-refractivity contribution in [1.29, 1.82) is 0 Å². The maximum atomic E-state index is 12.2. The average molecular weight is 272 g/mol. The first-order valence-electron chi connectivity index (χ1n) is 6.58. The summed E-state index contributed by atoms with van der Waals surface area (Å²) in [7, 11) is 3.62. The molecule has 0 saturated carbocycles. The molecule has 0 fully saturated rings. The zero-order valence-electron chi connectivity index (χ0n) is 11.9. The highest BCUT2D eigenvalue weighted by atomic mass is 16.2. The van der Waals surface area contributed by atoms with Crippen molar-refractivity contribution in [3.05, 3.63) is 53.9 Å². The molecule has 2 rings (SSSR count). The Bertz CT molecular complexity index is 564. The molecule has 1 amide bonds. The van der Waals surface area contributed by atoms with Gasteiger partial charge in [-0.2, -0.15) is 5.10 Å². The van der Waals surface area contributed by atoms with Crippen LogP contribution in [-0.4, -0.2) is 33.7 Å². The molecule has 1 heterocycles. The molecule has 0 bridgehead atoms. The highest BCUT2D eigenvalue weighted by Gasteiger charge is 2.18. The quantitative estimate of drug-likeness (QED) is 0.881. The third kappa shape index (κ3) is 3.68. The van der Waals surface area contributed by atoms with Gasteiger partial charge in [-0.15, -0.1) is 0 Å². The highest BCUT2D eigenvalue weighted by molar-refractivity contribution is 5.81. The number of hydrogen-bond acceptors (Lipinski definition) is 3. The Hall–Kier alpha value is -2.14. The summed E-state index contributed by atoms with van der Waals surface area (Å²) in [6, 6.07) is 9.30. The molecule has 5 heteroatoms. The molecule has 1 atom stereocenters.